The smallest absolute Gasteiger partial charge is 0.414 e. The number of amides is 1. The second-order valence-electron chi connectivity index (χ2n) is 5.30. The van der Waals surface area contributed by atoms with Crippen LogP contribution in [0, 0.1) is 10.1 Å². The molecule has 0 fully saturated rings. The summed E-state index contributed by atoms with van der Waals surface area (Å²) in [5, 5.41) is 10.7. The molecule has 102 valence electrons. The van der Waals surface area contributed by atoms with Crippen LogP contribution in [0.4, 0.5) is 16.2 Å². The number of nitrogens with zero attached hydrogens (tertiary/aromatic N) is 3. The van der Waals surface area contributed by atoms with Crippen molar-refractivity contribution in [2.24, 2.45) is 0 Å². The number of anilines is 1. The van der Waals surface area contributed by atoms with E-state index in [1.54, 1.807) is 20.8 Å². The molecule has 0 unspecified atom stereocenters. The Labute approximate surface area is 110 Å². The highest BCUT2D eigenvalue weighted by Crippen LogP contribution is 2.30. The van der Waals surface area contributed by atoms with E-state index in [1.807, 2.05) is 0 Å². The van der Waals surface area contributed by atoms with Crippen molar-refractivity contribution in [3.63, 3.8) is 0 Å². The fraction of sp³-hybridized carbons (Fsp3) is 0.500. The van der Waals surface area contributed by atoms with Gasteiger partial charge in [-0.1, -0.05) is 0 Å². The van der Waals surface area contributed by atoms with E-state index in [1.165, 1.54) is 17.2 Å². The first-order chi connectivity index (χ1) is 8.78. The van der Waals surface area contributed by atoms with Gasteiger partial charge >= 0.3 is 6.09 Å². The Morgan fingerprint density at radius 2 is 2.21 bits per heavy atom. The van der Waals surface area contributed by atoms with Crippen molar-refractivity contribution in [1.82, 2.24) is 4.98 Å². The molecule has 0 aliphatic carbocycles. The number of carbonyl (C=O) groups is 1. The van der Waals surface area contributed by atoms with E-state index < -0.39 is 16.6 Å². The van der Waals surface area contributed by atoms with Crippen LogP contribution < -0.4 is 4.90 Å². The van der Waals surface area contributed by atoms with E-state index >= 15 is 0 Å². The molecular weight excluding hydrogens is 250 g/mol. The number of aromatic nitrogens is 1. The van der Waals surface area contributed by atoms with Crippen molar-refractivity contribution < 1.29 is 14.5 Å². The summed E-state index contributed by atoms with van der Waals surface area (Å²) in [7, 11) is 0. The Kier molecular flexibility index (Phi) is 3.13. The molecule has 0 spiro atoms. The zero-order valence-electron chi connectivity index (χ0n) is 11.0. The lowest BCUT2D eigenvalue weighted by molar-refractivity contribution is -0.385. The molecule has 0 atom stereocenters. The third-order valence-electron chi connectivity index (χ3n) is 2.62. The van der Waals surface area contributed by atoms with Crippen LogP contribution >= 0.6 is 0 Å². The molecule has 1 aromatic rings. The van der Waals surface area contributed by atoms with Gasteiger partial charge in [0.05, 0.1) is 16.3 Å². The molecule has 1 amide bonds. The van der Waals surface area contributed by atoms with Crippen molar-refractivity contribution >= 4 is 17.5 Å². The monoisotopic (exact) mass is 265 g/mol. The number of nitro groups is 1. The molecule has 7 heteroatoms. The number of ether oxygens (including phenoxy) is 1. The summed E-state index contributed by atoms with van der Waals surface area (Å²) in [6.45, 7) is 5.74. The van der Waals surface area contributed by atoms with E-state index in [-0.39, 0.29) is 5.69 Å². The third kappa shape index (κ3) is 2.81. The fourth-order valence-corrected chi connectivity index (χ4v) is 1.84. The van der Waals surface area contributed by atoms with Gasteiger partial charge in [-0.3, -0.25) is 20.0 Å². The van der Waals surface area contributed by atoms with Gasteiger partial charge in [0.1, 0.15) is 11.8 Å². The minimum Gasteiger partial charge on any atom is -0.443 e. The van der Waals surface area contributed by atoms with Crippen LogP contribution in [0.15, 0.2) is 12.3 Å². The normalized spacial score (nSPS) is 14.2. The van der Waals surface area contributed by atoms with Crippen LogP contribution in [0.3, 0.4) is 0 Å². The number of carbonyl (C=O) groups excluding carboxylic acids is 1. The molecule has 0 saturated heterocycles. The van der Waals surface area contributed by atoms with Crippen LogP contribution in [0.2, 0.25) is 0 Å². The van der Waals surface area contributed by atoms with E-state index in [2.05, 4.69) is 4.98 Å². The summed E-state index contributed by atoms with van der Waals surface area (Å²) >= 11 is 0. The molecule has 0 bridgehead atoms. The fourth-order valence-electron chi connectivity index (χ4n) is 1.84. The lowest BCUT2D eigenvalue weighted by Gasteiger charge is -2.24. The number of hydrogen-bond acceptors (Lipinski definition) is 5. The topological polar surface area (TPSA) is 85.6 Å². The molecule has 1 aromatic heterocycles. The van der Waals surface area contributed by atoms with Crippen molar-refractivity contribution in [2.75, 3.05) is 11.4 Å². The summed E-state index contributed by atoms with van der Waals surface area (Å²) in [5.74, 6) is 0. The lowest BCUT2D eigenvalue weighted by Crippen LogP contribution is -2.35. The largest absolute Gasteiger partial charge is 0.443 e. The van der Waals surface area contributed by atoms with Crippen LogP contribution in [0.1, 0.15) is 26.5 Å². The Morgan fingerprint density at radius 3 is 2.79 bits per heavy atom. The number of fused-ring (bicyclic) bond motifs is 1. The zero-order valence-corrected chi connectivity index (χ0v) is 11.0. The number of hydrogen-bond donors (Lipinski definition) is 0. The highest BCUT2D eigenvalue weighted by Gasteiger charge is 2.31. The summed E-state index contributed by atoms with van der Waals surface area (Å²) < 4.78 is 5.27. The van der Waals surface area contributed by atoms with E-state index in [9.17, 15) is 14.9 Å². The first-order valence-corrected chi connectivity index (χ1v) is 5.92. The summed E-state index contributed by atoms with van der Waals surface area (Å²) in [4.78, 5) is 27.6. The van der Waals surface area contributed by atoms with Gasteiger partial charge in [-0.2, -0.15) is 0 Å². The third-order valence-corrected chi connectivity index (χ3v) is 2.62. The maximum Gasteiger partial charge on any atom is 0.414 e. The van der Waals surface area contributed by atoms with Gasteiger partial charge < -0.3 is 4.74 Å². The molecule has 7 nitrogen and oxygen atoms in total. The molecule has 2 rings (SSSR count). The predicted molar refractivity (Wildman–Crippen MR) is 68.2 cm³/mol. The van der Waals surface area contributed by atoms with Gasteiger partial charge in [-0.05, 0) is 20.8 Å². The quantitative estimate of drug-likeness (QED) is 0.574. The van der Waals surface area contributed by atoms with E-state index in [0.717, 1.165) is 0 Å². The van der Waals surface area contributed by atoms with Gasteiger partial charge in [0, 0.05) is 19.0 Å². The first-order valence-electron chi connectivity index (χ1n) is 5.92. The Bertz CT molecular complexity index is 536. The van der Waals surface area contributed by atoms with Gasteiger partial charge in [0.25, 0.3) is 5.69 Å². The second-order valence-corrected chi connectivity index (χ2v) is 5.30. The van der Waals surface area contributed by atoms with Crippen LogP contribution in [-0.4, -0.2) is 28.1 Å². The maximum absolute atomic E-state index is 12.0. The number of pyridine rings is 1. The van der Waals surface area contributed by atoms with Gasteiger partial charge in [-0.15, -0.1) is 0 Å². The molecular formula is C12H15N3O4. The lowest BCUT2D eigenvalue weighted by atomic mass is 10.2. The predicted octanol–water partition coefficient (Wildman–Crippen LogP) is 2.29. The second kappa shape index (κ2) is 4.49. The number of rotatable bonds is 1. The Morgan fingerprint density at radius 1 is 1.53 bits per heavy atom. The molecule has 19 heavy (non-hydrogen) atoms. The molecule has 1 aliphatic rings. The molecule has 2 heterocycles. The Balaban J connectivity index is 2.28. The van der Waals surface area contributed by atoms with E-state index in [4.69, 9.17) is 4.74 Å². The summed E-state index contributed by atoms with van der Waals surface area (Å²) in [6.07, 6.45) is 1.28. The molecule has 0 aromatic carbocycles. The van der Waals surface area contributed by atoms with Crippen LogP contribution in [-0.2, 0) is 11.2 Å². The van der Waals surface area contributed by atoms with Gasteiger partial charge in [0.15, 0.2) is 0 Å². The highest BCUT2D eigenvalue weighted by molar-refractivity contribution is 5.90. The van der Waals surface area contributed by atoms with Crippen LogP contribution in [0.5, 0.6) is 0 Å². The summed E-state index contributed by atoms with van der Waals surface area (Å²) in [5.41, 5.74) is 0.405. The standard InChI is InChI=1S/C12H15N3O4/c1-12(2,3)19-11(16)14-5-4-9-10(14)6-8(7-13-9)15(17)18/h6-7H,4-5H2,1-3H3. The molecule has 1 aliphatic heterocycles. The SMILES string of the molecule is CC(C)(C)OC(=O)N1CCc2ncc([N+](=O)[O-])cc21. The van der Waals surface area contributed by atoms with Crippen LogP contribution in [0.25, 0.3) is 0 Å². The maximum atomic E-state index is 12.0. The average Bonchev–Trinajstić information content (AvgIpc) is 2.68. The van der Waals surface area contributed by atoms with Crippen molar-refractivity contribution in [2.45, 2.75) is 32.8 Å². The molecule has 0 N–H and O–H groups in total. The van der Waals surface area contributed by atoms with Gasteiger partial charge in [-0.25, -0.2) is 4.79 Å². The van der Waals surface area contributed by atoms with Crippen molar-refractivity contribution in [3.05, 3.63) is 28.1 Å². The minimum absolute atomic E-state index is 0.130. The molecule has 0 saturated carbocycles. The first kappa shape index (κ1) is 13.3. The van der Waals surface area contributed by atoms with Crippen molar-refractivity contribution in [3.8, 4) is 0 Å². The molecule has 0 radical (unpaired) electrons. The summed E-state index contributed by atoms with van der Waals surface area (Å²) in [6, 6.07) is 1.36. The van der Waals surface area contributed by atoms with E-state index in [0.29, 0.717) is 24.3 Å². The zero-order chi connectivity index (χ0) is 14.2. The Hall–Kier alpha value is -2.18. The minimum atomic E-state index is -0.603. The van der Waals surface area contributed by atoms with Crippen molar-refractivity contribution in [1.29, 1.82) is 0 Å². The average molecular weight is 265 g/mol. The van der Waals surface area contributed by atoms with Gasteiger partial charge in [0.2, 0.25) is 0 Å². The highest BCUT2D eigenvalue weighted by atomic mass is 16.6.